The number of hydrogen-bond donors (Lipinski definition) is 1. The summed E-state index contributed by atoms with van der Waals surface area (Å²) < 4.78 is 16.4. The van der Waals surface area contributed by atoms with E-state index in [2.05, 4.69) is 38.2 Å². The molecular formula is C22H29NO4. The molecule has 27 heavy (non-hydrogen) atoms. The van der Waals surface area contributed by atoms with Crippen LogP contribution in [0.2, 0.25) is 0 Å². The molecule has 0 aliphatic carbocycles. The lowest BCUT2D eigenvalue weighted by Gasteiger charge is -2.19. The topological polar surface area (TPSA) is 56.8 Å². The van der Waals surface area contributed by atoms with E-state index in [9.17, 15) is 4.79 Å². The molecule has 1 unspecified atom stereocenters. The van der Waals surface area contributed by atoms with Crippen molar-refractivity contribution in [3.05, 3.63) is 54.1 Å². The van der Waals surface area contributed by atoms with Gasteiger partial charge in [0.25, 0.3) is 5.91 Å². The Balaban J connectivity index is 1.71. The van der Waals surface area contributed by atoms with Gasteiger partial charge in [-0.05, 0) is 54.3 Å². The number of amides is 1. The van der Waals surface area contributed by atoms with Crippen molar-refractivity contribution in [1.82, 2.24) is 5.32 Å². The maximum absolute atomic E-state index is 12.1. The van der Waals surface area contributed by atoms with Gasteiger partial charge >= 0.3 is 0 Å². The van der Waals surface area contributed by atoms with Crippen molar-refractivity contribution >= 4 is 5.91 Å². The zero-order valence-electron chi connectivity index (χ0n) is 16.7. The zero-order valence-corrected chi connectivity index (χ0v) is 16.7. The van der Waals surface area contributed by atoms with Crippen LogP contribution in [0.25, 0.3) is 0 Å². The average molecular weight is 371 g/mol. The van der Waals surface area contributed by atoms with Crippen molar-refractivity contribution in [3.63, 3.8) is 0 Å². The molecule has 2 rings (SSSR count). The number of carbonyl (C=O) groups excluding carboxylic acids is 1. The highest BCUT2D eigenvalue weighted by Gasteiger charge is 2.15. The molecule has 1 N–H and O–H groups in total. The Labute approximate surface area is 161 Å². The Morgan fingerprint density at radius 1 is 0.963 bits per heavy atom. The number of ether oxygens (including phenoxy) is 3. The molecule has 0 heterocycles. The van der Waals surface area contributed by atoms with E-state index < -0.39 is 6.10 Å². The number of methoxy groups -OCH3 is 1. The third-order valence-electron chi connectivity index (χ3n) is 4.13. The third kappa shape index (κ3) is 6.51. The van der Waals surface area contributed by atoms with Crippen LogP contribution in [-0.4, -0.2) is 32.3 Å². The summed E-state index contributed by atoms with van der Waals surface area (Å²) in [5.74, 6) is 1.97. The molecule has 0 spiro atoms. The molecule has 0 radical (unpaired) electrons. The summed E-state index contributed by atoms with van der Waals surface area (Å²) in [5, 5.41) is 2.82. The minimum absolute atomic E-state index is 0.118. The molecule has 0 fully saturated rings. The minimum atomic E-state index is -0.593. The highest BCUT2D eigenvalue weighted by atomic mass is 16.5. The van der Waals surface area contributed by atoms with Gasteiger partial charge in [0, 0.05) is 0 Å². The van der Waals surface area contributed by atoms with Gasteiger partial charge in [-0.1, -0.05) is 32.9 Å². The quantitative estimate of drug-likeness (QED) is 0.714. The summed E-state index contributed by atoms with van der Waals surface area (Å²) in [7, 11) is 1.60. The Hall–Kier alpha value is -2.69. The van der Waals surface area contributed by atoms with E-state index in [1.807, 2.05) is 12.1 Å². The van der Waals surface area contributed by atoms with Crippen molar-refractivity contribution in [3.8, 4) is 17.2 Å². The Morgan fingerprint density at radius 2 is 1.52 bits per heavy atom. The molecule has 1 atom stereocenters. The van der Waals surface area contributed by atoms with Crippen LogP contribution in [0.15, 0.2) is 48.5 Å². The first kappa shape index (κ1) is 20.6. The van der Waals surface area contributed by atoms with E-state index >= 15 is 0 Å². The molecule has 0 saturated heterocycles. The molecule has 2 aromatic rings. The van der Waals surface area contributed by atoms with Crippen LogP contribution < -0.4 is 19.5 Å². The third-order valence-corrected chi connectivity index (χ3v) is 4.13. The average Bonchev–Trinajstić information content (AvgIpc) is 2.65. The number of rotatable bonds is 8. The highest BCUT2D eigenvalue weighted by molar-refractivity contribution is 5.80. The molecule has 1 amide bonds. The number of benzene rings is 2. The molecule has 0 aliphatic heterocycles. The van der Waals surface area contributed by atoms with Crippen LogP contribution in [0.5, 0.6) is 17.2 Å². The van der Waals surface area contributed by atoms with Gasteiger partial charge in [0.05, 0.1) is 13.7 Å². The largest absolute Gasteiger partial charge is 0.497 e. The van der Waals surface area contributed by atoms with E-state index in [0.29, 0.717) is 18.9 Å². The standard InChI is InChI=1S/C22H29NO4/c1-16(27-20-12-10-18(25-5)11-13-20)21(24)23-14-15-26-19-8-6-17(7-9-19)22(2,3)4/h6-13,16H,14-15H2,1-5H3,(H,23,24). The fourth-order valence-corrected chi connectivity index (χ4v) is 2.45. The molecule has 146 valence electrons. The van der Waals surface area contributed by atoms with Crippen molar-refractivity contribution in [2.45, 2.75) is 39.2 Å². The maximum atomic E-state index is 12.1. The summed E-state index contributed by atoms with van der Waals surface area (Å²) in [6.45, 7) is 9.05. The second kappa shape index (κ2) is 9.31. The highest BCUT2D eigenvalue weighted by Crippen LogP contribution is 2.24. The van der Waals surface area contributed by atoms with Crippen molar-refractivity contribution < 1.29 is 19.0 Å². The monoisotopic (exact) mass is 371 g/mol. The summed E-state index contributed by atoms with van der Waals surface area (Å²) >= 11 is 0. The van der Waals surface area contributed by atoms with Gasteiger partial charge in [0.2, 0.25) is 0 Å². The Morgan fingerprint density at radius 3 is 2.07 bits per heavy atom. The van der Waals surface area contributed by atoms with E-state index in [4.69, 9.17) is 14.2 Å². The summed E-state index contributed by atoms with van der Waals surface area (Å²) in [4.78, 5) is 12.1. The number of hydrogen-bond acceptors (Lipinski definition) is 4. The SMILES string of the molecule is COc1ccc(OC(C)C(=O)NCCOc2ccc(C(C)(C)C)cc2)cc1. The van der Waals surface area contributed by atoms with Gasteiger partial charge in [-0.15, -0.1) is 0 Å². The van der Waals surface area contributed by atoms with Gasteiger partial charge in [-0.3, -0.25) is 4.79 Å². The lowest BCUT2D eigenvalue weighted by Crippen LogP contribution is -2.38. The molecule has 0 saturated carbocycles. The predicted octanol–water partition coefficient (Wildman–Crippen LogP) is 3.96. The lowest BCUT2D eigenvalue weighted by atomic mass is 9.87. The Bertz CT molecular complexity index is 717. The maximum Gasteiger partial charge on any atom is 0.260 e. The molecule has 5 nitrogen and oxygen atoms in total. The van der Waals surface area contributed by atoms with Crippen LogP contribution in [0, 0.1) is 0 Å². The van der Waals surface area contributed by atoms with Gasteiger partial charge in [0.1, 0.15) is 23.9 Å². The zero-order chi connectivity index (χ0) is 19.9. The van der Waals surface area contributed by atoms with E-state index in [-0.39, 0.29) is 11.3 Å². The van der Waals surface area contributed by atoms with Crippen LogP contribution in [0.4, 0.5) is 0 Å². The van der Waals surface area contributed by atoms with Crippen molar-refractivity contribution in [2.75, 3.05) is 20.3 Å². The fourth-order valence-electron chi connectivity index (χ4n) is 2.45. The first-order valence-electron chi connectivity index (χ1n) is 9.11. The summed E-state index contributed by atoms with van der Waals surface area (Å²) in [5.41, 5.74) is 1.37. The van der Waals surface area contributed by atoms with Gasteiger partial charge in [-0.2, -0.15) is 0 Å². The fraction of sp³-hybridized carbons (Fsp3) is 0.409. The Kier molecular flexibility index (Phi) is 7.11. The first-order chi connectivity index (χ1) is 12.8. The molecule has 0 bridgehead atoms. The normalized spacial score (nSPS) is 12.2. The van der Waals surface area contributed by atoms with E-state index in [0.717, 1.165) is 11.5 Å². The van der Waals surface area contributed by atoms with Crippen molar-refractivity contribution in [1.29, 1.82) is 0 Å². The number of nitrogens with one attached hydrogen (secondary N) is 1. The van der Waals surface area contributed by atoms with Crippen LogP contribution in [0.3, 0.4) is 0 Å². The second-order valence-corrected chi connectivity index (χ2v) is 7.35. The molecule has 0 aromatic heterocycles. The molecule has 5 heteroatoms. The van der Waals surface area contributed by atoms with E-state index in [1.165, 1.54) is 5.56 Å². The number of carbonyl (C=O) groups is 1. The van der Waals surface area contributed by atoms with Crippen LogP contribution in [-0.2, 0) is 10.2 Å². The van der Waals surface area contributed by atoms with Crippen LogP contribution >= 0.6 is 0 Å². The first-order valence-corrected chi connectivity index (χ1v) is 9.11. The summed E-state index contributed by atoms with van der Waals surface area (Å²) in [6.07, 6.45) is -0.593. The van der Waals surface area contributed by atoms with Crippen LogP contribution in [0.1, 0.15) is 33.3 Å². The molecular weight excluding hydrogens is 342 g/mol. The molecule has 2 aromatic carbocycles. The van der Waals surface area contributed by atoms with E-state index in [1.54, 1.807) is 38.3 Å². The van der Waals surface area contributed by atoms with Gasteiger partial charge in [-0.25, -0.2) is 0 Å². The minimum Gasteiger partial charge on any atom is -0.497 e. The molecule has 0 aliphatic rings. The predicted molar refractivity (Wildman–Crippen MR) is 107 cm³/mol. The van der Waals surface area contributed by atoms with Gasteiger partial charge < -0.3 is 19.5 Å². The van der Waals surface area contributed by atoms with Gasteiger partial charge in [0.15, 0.2) is 6.10 Å². The van der Waals surface area contributed by atoms with Crippen molar-refractivity contribution in [2.24, 2.45) is 0 Å². The lowest BCUT2D eigenvalue weighted by molar-refractivity contribution is -0.127. The second-order valence-electron chi connectivity index (χ2n) is 7.35. The summed E-state index contributed by atoms with van der Waals surface area (Å²) in [6, 6.07) is 15.2. The smallest absolute Gasteiger partial charge is 0.260 e.